The van der Waals surface area contributed by atoms with Crippen LogP contribution in [0.2, 0.25) is 0 Å². The number of aryl methyl sites for hydroxylation is 1. The van der Waals surface area contributed by atoms with Crippen molar-refractivity contribution < 1.29 is 4.79 Å². The normalized spacial score (nSPS) is 16.6. The number of carbonyl (C=O) groups is 1. The van der Waals surface area contributed by atoms with Crippen LogP contribution in [0.5, 0.6) is 0 Å². The molecule has 27 heavy (non-hydrogen) atoms. The standard InChI is InChI=1S/C20H30N4OS2/c1-13(2)11-24-18(22-23-20(24)26-4)6-5-9-21-19(25)16-12-27-17-10-14(3)7-8-15(16)17/h12-14H,5-11H2,1-4H3,(H,21,25). The summed E-state index contributed by atoms with van der Waals surface area (Å²) in [6.07, 6.45) is 7.09. The van der Waals surface area contributed by atoms with E-state index >= 15 is 0 Å². The largest absolute Gasteiger partial charge is 0.352 e. The first-order valence-corrected chi connectivity index (χ1v) is 11.9. The SMILES string of the molecule is CSc1nnc(CCCNC(=O)c2csc3c2CCC(C)C3)n1CC(C)C. The number of fused-ring (bicyclic) bond motifs is 1. The highest BCUT2D eigenvalue weighted by atomic mass is 32.2. The summed E-state index contributed by atoms with van der Waals surface area (Å²) in [6.45, 7) is 8.31. The number of thiophene rings is 1. The van der Waals surface area contributed by atoms with Crippen molar-refractivity contribution in [3.05, 3.63) is 27.2 Å². The van der Waals surface area contributed by atoms with Gasteiger partial charge in [-0.2, -0.15) is 0 Å². The number of thioether (sulfide) groups is 1. The van der Waals surface area contributed by atoms with Crippen molar-refractivity contribution in [3.63, 3.8) is 0 Å². The van der Waals surface area contributed by atoms with Crippen LogP contribution in [0.25, 0.3) is 0 Å². The van der Waals surface area contributed by atoms with Gasteiger partial charge in [0.1, 0.15) is 5.82 Å². The molecule has 2 aromatic heterocycles. The molecular formula is C20H30N4OS2. The van der Waals surface area contributed by atoms with Crippen molar-refractivity contribution >= 4 is 29.0 Å². The third-order valence-corrected chi connectivity index (χ3v) is 6.75. The number of hydrogen-bond acceptors (Lipinski definition) is 5. The van der Waals surface area contributed by atoms with Crippen molar-refractivity contribution in [3.8, 4) is 0 Å². The van der Waals surface area contributed by atoms with Crippen molar-refractivity contribution in [1.29, 1.82) is 0 Å². The Bertz CT molecular complexity index is 781. The molecule has 1 N–H and O–H groups in total. The highest BCUT2D eigenvalue weighted by Gasteiger charge is 2.23. The molecule has 3 rings (SSSR count). The van der Waals surface area contributed by atoms with Gasteiger partial charge in [0.05, 0.1) is 5.56 Å². The van der Waals surface area contributed by atoms with Crippen LogP contribution in [-0.4, -0.2) is 33.5 Å². The lowest BCUT2D eigenvalue weighted by Crippen LogP contribution is -2.26. The quantitative estimate of drug-likeness (QED) is 0.527. The number of nitrogens with one attached hydrogen (secondary N) is 1. The van der Waals surface area contributed by atoms with E-state index in [2.05, 4.69) is 40.9 Å². The van der Waals surface area contributed by atoms with E-state index in [0.29, 0.717) is 12.5 Å². The van der Waals surface area contributed by atoms with Gasteiger partial charge in [0.15, 0.2) is 5.16 Å². The Hall–Kier alpha value is -1.34. The third kappa shape index (κ3) is 4.93. The summed E-state index contributed by atoms with van der Waals surface area (Å²) >= 11 is 3.38. The summed E-state index contributed by atoms with van der Waals surface area (Å²) in [5.74, 6) is 2.39. The molecule has 0 aromatic carbocycles. The van der Waals surface area contributed by atoms with E-state index in [4.69, 9.17) is 0 Å². The zero-order valence-electron chi connectivity index (χ0n) is 16.7. The molecule has 5 nitrogen and oxygen atoms in total. The zero-order valence-corrected chi connectivity index (χ0v) is 18.4. The number of rotatable bonds is 8. The summed E-state index contributed by atoms with van der Waals surface area (Å²) < 4.78 is 2.22. The van der Waals surface area contributed by atoms with Gasteiger partial charge < -0.3 is 9.88 Å². The lowest BCUT2D eigenvalue weighted by atomic mass is 9.88. The molecule has 1 atom stereocenters. The predicted molar refractivity (Wildman–Crippen MR) is 113 cm³/mol. The second kappa shape index (κ2) is 9.24. The van der Waals surface area contributed by atoms with Crippen LogP contribution < -0.4 is 5.32 Å². The Balaban J connectivity index is 1.52. The Kier molecular flexibility index (Phi) is 6.98. The average molecular weight is 407 g/mol. The van der Waals surface area contributed by atoms with Crippen LogP contribution in [0.3, 0.4) is 0 Å². The highest BCUT2D eigenvalue weighted by molar-refractivity contribution is 7.98. The van der Waals surface area contributed by atoms with E-state index in [1.165, 1.54) is 16.9 Å². The van der Waals surface area contributed by atoms with E-state index in [1.54, 1.807) is 23.1 Å². The summed E-state index contributed by atoms with van der Waals surface area (Å²) in [5, 5.41) is 14.8. The van der Waals surface area contributed by atoms with E-state index in [1.807, 2.05) is 11.6 Å². The lowest BCUT2D eigenvalue weighted by Gasteiger charge is -2.18. The van der Waals surface area contributed by atoms with E-state index in [9.17, 15) is 4.79 Å². The van der Waals surface area contributed by atoms with Gasteiger partial charge in [0, 0.05) is 29.8 Å². The van der Waals surface area contributed by atoms with Gasteiger partial charge in [0.2, 0.25) is 0 Å². The second-order valence-corrected chi connectivity index (χ2v) is 9.60. The molecule has 0 saturated heterocycles. The highest BCUT2D eigenvalue weighted by Crippen LogP contribution is 2.32. The molecule has 1 aliphatic rings. The summed E-state index contributed by atoms with van der Waals surface area (Å²) in [6, 6.07) is 0. The van der Waals surface area contributed by atoms with Crippen LogP contribution in [0.1, 0.15) is 60.2 Å². The molecule has 2 heterocycles. The molecule has 1 unspecified atom stereocenters. The van der Waals surface area contributed by atoms with Crippen molar-refractivity contribution in [2.24, 2.45) is 11.8 Å². The van der Waals surface area contributed by atoms with Gasteiger partial charge in [-0.05, 0) is 49.3 Å². The first-order chi connectivity index (χ1) is 13.0. The average Bonchev–Trinajstić information content (AvgIpc) is 3.21. The minimum absolute atomic E-state index is 0.0792. The minimum Gasteiger partial charge on any atom is -0.352 e. The van der Waals surface area contributed by atoms with Crippen LogP contribution in [0.4, 0.5) is 0 Å². The van der Waals surface area contributed by atoms with Gasteiger partial charge >= 0.3 is 0 Å². The molecule has 7 heteroatoms. The first-order valence-electron chi connectivity index (χ1n) is 9.83. The fraction of sp³-hybridized carbons (Fsp3) is 0.650. The maximum absolute atomic E-state index is 12.6. The monoisotopic (exact) mass is 406 g/mol. The fourth-order valence-corrected chi connectivity index (χ4v) is 5.38. The Morgan fingerprint density at radius 2 is 2.26 bits per heavy atom. The summed E-state index contributed by atoms with van der Waals surface area (Å²) in [4.78, 5) is 14.0. The molecule has 0 spiro atoms. The topological polar surface area (TPSA) is 59.8 Å². The molecule has 0 bridgehead atoms. The van der Waals surface area contributed by atoms with Crippen molar-refractivity contribution in [2.75, 3.05) is 12.8 Å². The molecule has 2 aromatic rings. The fourth-order valence-electron chi connectivity index (χ4n) is 3.61. The molecule has 0 aliphatic heterocycles. The minimum atomic E-state index is 0.0792. The first kappa shape index (κ1) is 20.4. The number of amides is 1. The smallest absolute Gasteiger partial charge is 0.252 e. The van der Waals surface area contributed by atoms with Gasteiger partial charge in [0.25, 0.3) is 5.91 Å². The van der Waals surface area contributed by atoms with Gasteiger partial charge in [-0.15, -0.1) is 21.5 Å². The Labute approximate surface area is 170 Å². The Morgan fingerprint density at radius 3 is 3.00 bits per heavy atom. The molecule has 0 saturated carbocycles. The van der Waals surface area contributed by atoms with Gasteiger partial charge in [-0.25, -0.2) is 0 Å². The molecule has 0 radical (unpaired) electrons. The summed E-state index contributed by atoms with van der Waals surface area (Å²) in [7, 11) is 0. The van der Waals surface area contributed by atoms with E-state index in [0.717, 1.165) is 54.7 Å². The molecule has 1 amide bonds. The molecular weight excluding hydrogens is 376 g/mol. The van der Waals surface area contributed by atoms with Crippen molar-refractivity contribution in [2.45, 2.75) is 64.6 Å². The van der Waals surface area contributed by atoms with Crippen LogP contribution in [0, 0.1) is 11.8 Å². The number of hydrogen-bond donors (Lipinski definition) is 1. The Morgan fingerprint density at radius 1 is 1.44 bits per heavy atom. The van der Waals surface area contributed by atoms with Crippen LogP contribution in [0.15, 0.2) is 10.5 Å². The van der Waals surface area contributed by atoms with Crippen LogP contribution in [-0.2, 0) is 25.8 Å². The van der Waals surface area contributed by atoms with E-state index in [-0.39, 0.29) is 5.91 Å². The number of aromatic nitrogens is 3. The number of carbonyl (C=O) groups excluding carboxylic acids is 1. The molecule has 0 fully saturated rings. The van der Waals surface area contributed by atoms with Gasteiger partial charge in [-0.1, -0.05) is 32.5 Å². The number of nitrogens with zero attached hydrogens (tertiary/aromatic N) is 3. The molecule has 1 aliphatic carbocycles. The predicted octanol–water partition coefficient (Wildman–Crippen LogP) is 4.20. The third-order valence-electron chi connectivity index (χ3n) is 5.03. The molecule has 148 valence electrons. The maximum atomic E-state index is 12.6. The second-order valence-electron chi connectivity index (χ2n) is 7.87. The van der Waals surface area contributed by atoms with Crippen molar-refractivity contribution in [1.82, 2.24) is 20.1 Å². The van der Waals surface area contributed by atoms with Gasteiger partial charge in [-0.3, -0.25) is 4.79 Å². The maximum Gasteiger partial charge on any atom is 0.252 e. The van der Waals surface area contributed by atoms with E-state index < -0.39 is 0 Å². The lowest BCUT2D eigenvalue weighted by molar-refractivity contribution is 0.0952. The summed E-state index contributed by atoms with van der Waals surface area (Å²) in [5.41, 5.74) is 2.19. The van der Waals surface area contributed by atoms with Crippen LogP contribution >= 0.6 is 23.1 Å². The zero-order chi connectivity index (χ0) is 19.4.